The van der Waals surface area contributed by atoms with Crippen molar-refractivity contribution < 1.29 is 9.46 Å². The van der Waals surface area contributed by atoms with Crippen LogP contribution in [0.3, 0.4) is 0 Å². The molecule has 1 atom stereocenters. The van der Waals surface area contributed by atoms with Gasteiger partial charge in [-0.3, -0.25) is 0 Å². The maximum absolute atomic E-state index is 10.3. The Morgan fingerprint density at radius 1 is 1.36 bits per heavy atom. The highest BCUT2D eigenvalue weighted by atomic mass is 31.1. The molecule has 3 nitrogen and oxygen atoms in total. The molecular formula is C7H15NO2P+. The minimum absolute atomic E-state index is 0.464. The average molecular weight is 176 g/mol. The molecule has 0 bridgehead atoms. The molecule has 0 amide bonds. The third-order valence-electron chi connectivity index (χ3n) is 2.02. The number of rotatable bonds is 4. The Bertz CT molecular complexity index is 134. The predicted octanol–water partition coefficient (Wildman–Crippen LogP) is 1.21. The van der Waals surface area contributed by atoms with Gasteiger partial charge in [0.25, 0.3) is 0 Å². The lowest BCUT2D eigenvalue weighted by atomic mass is 10.4. The molecule has 0 aromatic carbocycles. The molecule has 4 heteroatoms. The summed E-state index contributed by atoms with van der Waals surface area (Å²) in [4.78, 5) is 10.9. The molecule has 0 spiro atoms. The number of hydrogen-bond acceptors (Lipinski definition) is 2. The van der Waals surface area contributed by atoms with Crippen LogP contribution in [-0.4, -0.2) is 35.6 Å². The Morgan fingerprint density at radius 3 is 2.55 bits per heavy atom. The fraction of sp³-hybridized carbons (Fsp3) is 1.00. The van der Waals surface area contributed by atoms with Crippen LogP contribution < -0.4 is 0 Å². The monoisotopic (exact) mass is 176 g/mol. The topological polar surface area (TPSA) is 40.5 Å². The van der Waals surface area contributed by atoms with Crippen molar-refractivity contribution in [2.45, 2.75) is 19.3 Å². The molecule has 1 fully saturated rings. The van der Waals surface area contributed by atoms with E-state index in [9.17, 15) is 4.57 Å². The van der Waals surface area contributed by atoms with Gasteiger partial charge in [-0.05, 0) is 30.5 Å². The largest absolute Gasteiger partial charge is 0.505 e. The number of hydrogen-bond donors (Lipinski definition) is 1. The van der Waals surface area contributed by atoms with E-state index in [0.717, 1.165) is 13.0 Å². The lowest BCUT2D eigenvalue weighted by Gasteiger charge is -2.11. The van der Waals surface area contributed by atoms with Crippen LogP contribution in [0, 0.1) is 0 Å². The highest BCUT2D eigenvalue weighted by Crippen LogP contribution is 2.15. The van der Waals surface area contributed by atoms with Crippen LogP contribution in [-0.2, 0) is 4.57 Å². The van der Waals surface area contributed by atoms with Gasteiger partial charge in [0, 0.05) is 13.0 Å². The molecule has 1 aliphatic rings. The van der Waals surface area contributed by atoms with Gasteiger partial charge in [0.15, 0.2) is 6.16 Å². The van der Waals surface area contributed by atoms with Crippen molar-refractivity contribution in [3.8, 4) is 0 Å². The first-order chi connectivity index (χ1) is 5.29. The minimum Gasteiger partial charge on any atom is -0.303 e. The lowest BCUT2D eigenvalue weighted by molar-refractivity contribution is 0.339. The van der Waals surface area contributed by atoms with E-state index in [1.54, 1.807) is 0 Å². The molecule has 0 saturated carbocycles. The van der Waals surface area contributed by atoms with Gasteiger partial charge in [-0.1, -0.05) is 0 Å². The Balaban J connectivity index is 1.98. The summed E-state index contributed by atoms with van der Waals surface area (Å²) in [6.07, 6.45) is 3.92. The van der Waals surface area contributed by atoms with E-state index in [1.807, 2.05) is 0 Å². The fourth-order valence-corrected chi connectivity index (χ4v) is 1.85. The van der Waals surface area contributed by atoms with Crippen molar-refractivity contribution in [1.29, 1.82) is 0 Å². The van der Waals surface area contributed by atoms with E-state index >= 15 is 0 Å². The van der Waals surface area contributed by atoms with Gasteiger partial charge < -0.3 is 4.90 Å². The molecule has 0 aromatic heterocycles. The Hall–Kier alpha value is 0.0200. The molecule has 1 aliphatic heterocycles. The zero-order valence-electron chi connectivity index (χ0n) is 6.70. The molecule has 11 heavy (non-hydrogen) atoms. The third-order valence-corrected chi connectivity index (χ3v) is 2.72. The molecule has 1 rings (SSSR count). The number of likely N-dealkylation sites (tertiary alicyclic amines) is 1. The summed E-state index contributed by atoms with van der Waals surface area (Å²) < 4.78 is 10.3. The normalized spacial score (nSPS) is 20.6. The summed E-state index contributed by atoms with van der Waals surface area (Å²) in [5.41, 5.74) is 0. The summed E-state index contributed by atoms with van der Waals surface area (Å²) in [5, 5.41) is 0. The molecule has 64 valence electrons. The zero-order chi connectivity index (χ0) is 8.10. The van der Waals surface area contributed by atoms with Crippen LogP contribution in [0.4, 0.5) is 0 Å². The zero-order valence-corrected chi connectivity index (χ0v) is 7.59. The smallest absolute Gasteiger partial charge is 0.303 e. The molecule has 1 N–H and O–H groups in total. The Morgan fingerprint density at radius 2 is 2.00 bits per heavy atom. The molecule has 1 heterocycles. The molecule has 0 radical (unpaired) electrons. The van der Waals surface area contributed by atoms with Gasteiger partial charge in [0.2, 0.25) is 0 Å². The summed E-state index contributed by atoms with van der Waals surface area (Å²) in [6.45, 7) is 3.37. The lowest BCUT2D eigenvalue weighted by Crippen LogP contribution is -2.20. The third kappa shape index (κ3) is 3.80. The highest BCUT2D eigenvalue weighted by Gasteiger charge is 2.14. The first-order valence-corrected chi connectivity index (χ1v) is 5.55. The second-order valence-corrected chi connectivity index (χ2v) is 4.13. The van der Waals surface area contributed by atoms with E-state index < -0.39 is 8.03 Å². The second-order valence-electron chi connectivity index (χ2n) is 2.98. The van der Waals surface area contributed by atoms with Gasteiger partial charge in [-0.2, -0.15) is 4.89 Å². The van der Waals surface area contributed by atoms with Gasteiger partial charge in [-0.15, -0.1) is 0 Å². The van der Waals surface area contributed by atoms with Crippen molar-refractivity contribution in [3.63, 3.8) is 0 Å². The van der Waals surface area contributed by atoms with Gasteiger partial charge in [0.1, 0.15) is 0 Å². The van der Waals surface area contributed by atoms with Crippen LogP contribution in [0.2, 0.25) is 0 Å². The van der Waals surface area contributed by atoms with Crippen molar-refractivity contribution >= 4 is 8.03 Å². The van der Waals surface area contributed by atoms with Gasteiger partial charge in [0.05, 0.1) is 0 Å². The average Bonchev–Trinajstić information content (AvgIpc) is 2.39. The Kier molecular flexibility index (Phi) is 3.98. The maximum Gasteiger partial charge on any atom is 0.505 e. The SMILES string of the molecule is O=[P+](O)CCCN1CCCC1. The molecule has 0 aliphatic carbocycles. The van der Waals surface area contributed by atoms with Crippen molar-refractivity contribution in [2.75, 3.05) is 25.8 Å². The van der Waals surface area contributed by atoms with Crippen molar-refractivity contribution in [1.82, 2.24) is 4.90 Å². The van der Waals surface area contributed by atoms with E-state index in [-0.39, 0.29) is 0 Å². The van der Waals surface area contributed by atoms with Crippen LogP contribution in [0.1, 0.15) is 19.3 Å². The number of nitrogens with zero attached hydrogens (tertiary/aromatic N) is 1. The second kappa shape index (κ2) is 4.81. The van der Waals surface area contributed by atoms with Crippen LogP contribution in [0.15, 0.2) is 0 Å². The van der Waals surface area contributed by atoms with E-state index in [4.69, 9.17) is 4.89 Å². The molecule has 1 saturated heterocycles. The molecular weight excluding hydrogens is 161 g/mol. The van der Waals surface area contributed by atoms with Crippen LogP contribution >= 0.6 is 8.03 Å². The van der Waals surface area contributed by atoms with E-state index in [0.29, 0.717) is 6.16 Å². The highest BCUT2D eigenvalue weighted by molar-refractivity contribution is 7.37. The molecule has 0 aromatic rings. The minimum atomic E-state index is -1.90. The predicted molar refractivity (Wildman–Crippen MR) is 45.0 cm³/mol. The van der Waals surface area contributed by atoms with Crippen molar-refractivity contribution in [2.24, 2.45) is 0 Å². The van der Waals surface area contributed by atoms with E-state index in [1.165, 1.54) is 25.9 Å². The van der Waals surface area contributed by atoms with Crippen molar-refractivity contribution in [3.05, 3.63) is 0 Å². The summed E-state index contributed by atoms with van der Waals surface area (Å²) in [5.74, 6) is 0. The van der Waals surface area contributed by atoms with Gasteiger partial charge in [-0.25, -0.2) is 0 Å². The summed E-state index contributed by atoms with van der Waals surface area (Å²) in [7, 11) is -1.90. The first-order valence-electron chi connectivity index (χ1n) is 4.15. The fourth-order valence-electron chi connectivity index (χ4n) is 1.44. The summed E-state index contributed by atoms with van der Waals surface area (Å²) in [6, 6.07) is 0. The van der Waals surface area contributed by atoms with E-state index in [2.05, 4.69) is 4.90 Å². The van der Waals surface area contributed by atoms with Crippen LogP contribution in [0.5, 0.6) is 0 Å². The van der Waals surface area contributed by atoms with Crippen LogP contribution in [0.25, 0.3) is 0 Å². The van der Waals surface area contributed by atoms with Gasteiger partial charge >= 0.3 is 8.03 Å². The summed E-state index contributed by atoms with van der Waals surface area (Å²) >= 11 is 0. The first kappa shape index (κ1) is 9.11. The quantitative estimate of drug-likeness (QED) is 0.654. The maximum atomic E-state index is 10.3. The standard InChI is InChI=1S/C7H14NO2P/c9-11(10)7-3-6-8-4-1-2-5-8/h1-7H2/p+1. The molecule has 1 unspecified atom stereocenters. The Labute approximate surface area is 68.3 Å².